The molecule has 136 valence electrons. The number of nitrogens with zero attached hydrogens (tertiary/aromatic N) is 4. The summed E-state index contributed by atoms with van der Waals surface area (Å²) in [5.41, 5.74) is 3.44. The second-order valence-electron chi connectivity index (χ2n) is 6.68. The lowest BCUT2D eigenvalue weighted by molar-refractivity contribution is 0.223. The van der Waals surface area contributed by atoms with E-state index in [-0.39, 0.29) is 0 Å². The molecule has 0 aliphatic heterocycles. The van der Waals surface area contributed by atoms with Crippen LogP contribution in [0.15, 0.2) is 67.0 Å². The number of hydrogen-bond donors (Lipinski definition) is 0. The predicted octanol–water partition coefficient (Wildman–Crippen LogP) is 4.09. The van der Waals surface area contributed by atoms with E-state index in [1.165, 1.54) is 11.3 Å². The highest BCUT2D eigenvalue weighted by Crippen LogP contribution is 2.21. The molecule has 0 bridgehead atoms. The summed E-state index contributed by atoms with van der Waals surface area (Å²) in [6.45, 7) is 3.77. The molecule has 3 aromatic rings. The largest absolute Gasteiger partial charge is 0.317 e. The molecule has 0 aliphatic carbocycles. The van der Waals surface area contributed by atoms with Crippen LogP contribution in [0.3, 0.4) is 0 Å². The summed E-state index contributed by atoms with van der Waals surface area (Å²) in [6.07, 6.45) is 3.76. The van der Waals surface area contributed by atoms with Crippen LogP contribution in [0.4, 0.5) is 0 Å². The van der Waals surface area contributed by atoms with Gasteiger partial charge in [-0.3, -0.25) is 4.90 Å². The second kappa shape index (κ2) is 8.99. The molecule has 4 nitrogen and oxygen atoms in total. The van der Waals surface area contributed by atoms with Crippen molar-refractivity contribution in [2.45, 2.75) is 13.1 Å². The van der Waals surface area contributed by atoms with Crippen LogP contribution in [-0.4, -0.2) is 46.5 Å². The Bertz CT molecular complexity index is 814. The molecule has 2 aromatic heterocycles. The lowest BCUT2D eigenvalue weighted by Crippen LogP contribution is -2.31. The predicted molar refractivity (Wildman–Crippen MR) is 108 cm³/mol. The molecule has 0 atom stereocenters. The molecule has 0 aliphatic rings. The summed E-state index contributed by atoms with van der Waals surface area (Å²) in [5, 5.41) is 0.521. The van der Waals surface area contributed by atoms with Crippen molar-refractivity contribution in [3.63, 3.8) is 0 Å². The highest BCUT2D eigenvalue weighted by atomic mass is 35.5. The summed E-state index contributed by atoms with van der Waals surface area (Å²) in [4.78, 5) is 8.89. The van der Waals surface area contributed by atoms with Crippen LogP contribution < -0.4 is 0 Å². The third-order valence-electron chi connectivity index (χ3n) is 4.33. The average Bonchev–Trinajstić information content (AvgIpc) is 3.09. The van der Waals surface area contributed by atoms with Gasteiger partial charge in [0.25, 0.3) is 0 Å². The zero-order valence-corrected chi connectivity index (χ0v) is 16.1. The molecule has 26 heavy (non-hydrogen) atoms. The van der Waals surface area contributed by atoms with Crippen molar-refractivity contribution in [1.82, 2.24) is 19.4 Å². The van der Waals surface area contributed by atoms with Gasteiger partial charge >= 0.3 is 0 Å². The Balaban J connectivity index is 1.81. The molecule has 2 heterocycles. The van der Waals surface area contributed by atoms with Crippen LogP contribution in [0, 0.1) is 0 Å². The fraction of sp³-hybridized carbons (Fsp3) is 0.286. The Morgan fingerprint density at radius 1 is 0.923 bits per heavy atom. The molecule has 0 spiro atoms. The number of hydrogen-bond acceptors (Lipinski definition) is 3. The lowest BCUT2D eigenvalue weighted by atomic mass is 10.2. The molecule has 0 N–H and O–H groups in total. The first-order valence-corrected chi connectivity index (χ1v) is 9.19. The van der Waals surface area contributed by atoms with Gasteiger partial charge in [-0.05, 0) is 43.9 Å². The monoisotopic (exact) mass is 368 g/mol. The lowest BCUT2D eigenvalue weighted by Gasteiger charge is -2.25. The van der Waals surface area contributed by atoms with Crippen molar-refractivity contribution in [2.24, 2.45) is 0 Å². The SMILES string of the molecule is CN(C)CCN(Cc1ccccc1)Cc1cccn1-c1cccnc1Cl. The van der Waals surface area contributed by atoms with Crippen LogP contribution in [0.1, 0.15) is 11.3 Å². The summed E-state index contributed by atoms with van der Waals surface area (Å²) in [5.74, 6) is 0. The van der Waals surface area contributed by atoms with Gasteiger partial charge in [-0.1, -0.05) is 41.9 Å². The van der Waals surface area contributed by atoms with Gasteiger partial charge in [0.15, 0.2) is 5.15 Å². The first kappa shape index (κ1) is 18.6. The van der Waals surface area contributed by atoms with Gasteiger partial charge in [-0.25, -0.2) is 4.98 Å². The first-order chi connectivity index (χ1) is 12.6. The van der Waals surface area contributed by atoms with Crippen molar-refractivity contribution < 1.29 is 0 Å². The Morgan fingerprint density at radius 3 is 2.46 bits per heavy atom. The van der Waals surface area contributed by atoms with E-state index in [9.17, 15) is 0 Å². The van der Waals surface area contributed by atoms with Crippen molar-refractivity contribution in [3.05, 3.63) is 83.4 Å². The Kier molecular flexibility index (Phi) is 6.45. The fourth-order valence-electron chi connectivity index (χ4n) is 2.96. The molecule has 0 unspecified atom stereocenters. The molecule has 3 rings (SSSR count). The highest BCUT2D eigenvalue weighted by Gasteiger charge is 2.13. The summed E-state index contributed by atoms with van der Waals surface area (Å²) in [6, 6.07) is 18.7. The molecule has 0 saturated carbocycles. The zero-order chi connectivity index (χ0) is 18.4. The first-order valence-electron chi connectivity index (χ1n) is 8.81. The molecule has 1 aromatic carbocycles. The van der Waals surface area contributed by atoms with Crippen LogP contribution in [-0.2, 0) is 13.1 Å². The average molecular weight is 369 g/mol. The van der Waals surface area contributed by atoms with Crippen molar-refractivity contribution in [2.75, 3.05) is 27.2 Å². The Morgan fingerprint density at radius 2 is 1.73 bits per heavy atom. The maximum absolute atomic E-state index is 6.30. The van der Waals surface area contributed by atoms with Gasteiger partial charge < -0.3 is 9.47 Å². The number of rotatable bonds is 8. The van der Waals surface area contributed by atoms with E-state index in [0.29, 0.717) is 5.15 Å². The minimum atomic E-state index is 0.521. The van der Waals surface area contributed by atoms with E-state index in [0.717, 1.165) is 31.9 Å². The van der Waals surface area contributed by atoms with E-state index < -0.39 is 0 Å². The van der Waals surface area contributed by atoms with Gasteiger partial charge in [0.1, 0.15) is 0 Å². The number of aromatic nitrogens is 2. The molecular weight excluding hydrogens is 344 g/mol. The molecular formula is C21H25ClN4. The number of halogens is 1. The maximum atomic E-state index is 6.30. The molecule has 0 amide bonds. The highest BCUT2D eigenvalue weighted by molar-refractivity contribution is 6.31. The number of likely N-dealkylation sites (N-methyl/N-ethyl adjacent to an activating group) is 1. The van der Waals surface area contributed by atoms with Crippen molar-refractivity contribution in [3.8, 4) is 5.69 Å². The van der Waals surface area contributed by atoms with E-state index in [2.05, 4.69) is 75.9 Å². The van der Waals surface area contributed by atoms with Gasteiger partial charge in [-0.15, -0.1) is 0 Å². The molecule has 0 saturated heterocycles. The van der Waals surface area contributed by atoms with E-state index in [1.54, 1.807) is 6.20 Å². The third-order valence-corrected chi connectivity index (χ3v) is 4.62. The number of pyridine rings is 1. The van der Waals surface area contributed by atoms with Crippen LogP contribution >= 0.6 is 11.6 Å². The van der Waals surface area contributed by atoms with Gasteiger partial charge in [0.2, 0.25) is 0 Å². The normalized spacial score (nSPS) is 11.4. The maximum Gasteiger partial charge on any atom is 0.152 e. The van der Waals surface area contributed by atoms with E-state index in [4.69, 9.17) is 11.6 Å². The minimum Gasteiger partial charge on any atom is -0.317 e. The second-order valence-corrected chi connectivity index (χ2v) is 7.04. The minimum absolute atomic E-state index is 0.521. The standard InChI is InChI=1S/C21H25ClN4/c1-24(2)14-15-25(16-18-8-4-3-5-9-18)17-19-10-7-13-26(19)20-11-6-12-23-21(20)22/h3-13H,14-17H2,1-2H3. The van der Waals surface area contributed by atoms with Crippen molar-refractivity contribution >= 4 is 11.6 Å². The quantitative estimate of drug-likeness (QED) is 0.560. The van der Waals surface area contributed by atoms with Gasteiger partial charge in [-0.2, -0.15) is 0 Å². The third kappa shape index (κ3) is 4.94. The topological polar surface area (TPSA) is 24.3 Å². The van der Waals surface area contributed by atoms with Crippen LogP contribution in [0.25, 0.3) is 5.69 Å². The van der Waals surface area contributed by atoms with Crippen LogP contribution in [0.5, 0.6) is 0 Å². The summed E-state index contributed by atoms with van der Waals surface area (Å²) >= 11 is 6.30. The molecule has 5 heteroatoms. The van der Waals surface area contributed by atoms with E-state index >= 15 is 0 Å². The smallest absolute Gasteiger partial charge is 0.152 e. The summed E-state index contributed by atoms with van der Waals surface area (Å²) < 4.78 is 2.13. The molecule has 0 fully saturated rings. The Hall–Kier alpha value is -2.14. The molecule has 0 radical (unpaired) electrons. The fourth-order valence-corrected chi connectivity index (χ4v) is 3.17. The summed E-state index contributed by atoms with van der Waals surface area (Å²) in [7, 11) is 4.22. The van der Waals surface area contributed by atoms with E-state index in [1.807, 2.05) is 18.3 Å². The van der Waals surface area contributed by atoms with Crippen molar-refractivity contribution in [1.29, 1.82) is 0 Å². The zero-order valence-electron chi connectivity index (χ0n) is 15.3. The van der Waals surface area contributed by atoms with Gasteiger partial charge in [0, 0.05) is 44.3 Å². The Labute approximate surface area is 160 Å². The number of benzene rings is 1. The van der Waals surface area contributed by atoms with Crippen LogP contribution in [0.2, 0.25) is 5.15 Å². The van der Waals surface area contributed by atoms with Gasteiger partial charge in [0.05, 0.1) is 5.69 Å².